The Morgan fingerprint density at radius 2 is 1.60 bits per heavy atom. The van der Waals surface area contributed by atoms with E-state index in [9.17, 15) is 19.8 Å². The van der Waals surface area contributed by atoms with Gasteiger partial charge in [-0.05, 0) is 81.8 Å². The summed E-state index contributed by atoms with van der Waals surface area (Å²) in [5, 5.41) is 29.3. The monoisotopic (exact) mass is 684 g/mol. The normalized spacial score (nSPS) is 25.7. The molecule has 12 nitrogen and oxygen atoms in total. The van der Waals surface area contributed by atoms with Gasteiger partial charge in [-0.15, -0.1) is 5.10 Å². The molecule has 3 fully saturated rings. The zero-order chi connectivity index (χ0) is 35.2. The van der Waals surface area contributed by atoms with E-state index in [1.165, 1.54) is 0 Å². The van der Waals surface area contributed by atoms with E-state index in [1.807, 2.05) is 59.2 Å². The fraction of sp³-hybridized carbons (Fsp3) is 0.553. The minimum atomic E-state index is -1.38. The molecule has 4 atom stereocenters. The first-order valence-electron chi connectivity index (χ1n) is 18.1. The molecule has 7 rings (SSSR count). The summed E-state index contributed by atoms with van der Waals surface area (Å²) < 4.78 is 8.73. The second-order valence-electron chi connectivity index (χ2n) is 14.9. The number of anilines is 3. The molecule has 0 radical (unpaired) electrons. The predicted molar refractivity (Wildman–Crippen MR) is 187 cm³/mol. The van der Waals surface area contributed by atoms with Crippen LogP contribution in [0.5, 0.6) is 0 Å². The Bertz CT molecular complexity index is 1750. The highest BCUT2D eigenvalue weighted by Crippen LogP contribution is 2.58. The molecule has 3 aromatic rings. The maximum Gasteiger partial charge on any atom is 0.264 e. The number of ether oxygens (including phenoxy) is 1. The molecule has 4 aliphatic heterocycles. The van der Waals surface area contributed by atoms with Gasteiger partial charge in [-0.3, -0.25) is 19.1 Å². The molecule has 50 heavy (non-hydrogen) atoms. The van der Waals surface area contributed by atoms with E-state index in [0.29, 0.717) is 63.1 Å². The van der Waals surface area contributed by atoms with E-state index in [2.05, 4.69) is 10.3 Å². The zero-order valence-corrected chi connectivity index (χ0v) is 29.3. The summed E-state index contributed by atoms with van der Waals surface area (Å²) in [6.45, 7) is 7.60. The fourth-order valence-corrected chi connectivity index (χ4v) is 8.72. The van der Waals surface area contributed by atoms with E-state index >= 15 is 4.79 Å². The van der Waals surface area contributed by atoms with Crippen LogP contribution in [0.4, 0.5) is 17.1 Å². The fourth-order valence-electron chi connectivity index (χ4n) is 8.72. The Morgan fingerprint density at radius 1 is 0.940 bits per heavy atom. The number of aryl methyl sites for hydroxylation is 1. The summed E-state index contributed by atoms with van der Waals surface area (Å²) in [5.41, 5.74) is 2.09. The van der Waals surface area contributed by atoms with Crippen LogP contribution < -0.4 is 14.7 Å². The number of aromatic nitrogens is 3. The largest absolute Gasteiger partial charge is 0.396 e. The Kier molecular flexibility index (Phi) is 9.29. The van der Waals surface area contributed by atoms with Gasteiger partial charge in [-0.25, -0.2) is 0 Å². The third-order valence-electron chi connectivity index (χ3n) is 11.1. The van der Waals surface area contributed by atoms with Gasteiger partial charge in [0.2, 0.25) is 11.8 Å². The molecule has 1 spiro atoms. The SMILES string of the molecule is C[C@H]1[C@H](C(C)(C)O)[C@@H](CCn2cc(CCO)nn2)O[C@]12C(=O)N(Cc1ccc(N3CCCCC3=O)cc1)c1ccc(N3CCCCC3=O)cc12. The molecular formula is C38H48N6O6. The van der Waals surface area contributed by atoms with E-state index in [-0.39, 0.29) is 24.3 Å². The molecule has 0 aliphatic carbocycles. The summed E-state index contributed by atoms with van der Waals surface area (Å²) in [7, 11) is 0. The minimum Gasteiger partial charge on any atom is -0.396 e. The van der Waals surface area contributed by atoms with Crippen molar-refractivity contribution in [2.45, 2.75) is 103 Å². The van der Waals surface area contributed by atoms with Crippen molar-refractivity contribution in [2.75, 3.05) is 34.4 Å². The van der Waals surface area contributed by atoms with Gasteiger partial charge in [0.25, 0.3) is 5.91 Å². The van der Waals surface area contributed by atoms with Crippen LogP contribution in [0, 0.1) is 11.8 Å². The van der Waals surface area contributed by atoms with Crippen LogP contribution in [0.1, 0.15) is 82.5 Å². The number of rotatable bonds is 10. The summed E-state index contributed by atoms with van der Waals surface area (Å²) in [6.07, 6.45) is 6.92. The molecule has 0 bridgehead atoms. The average Bonchev–Trinajstić information content (AvgIpc) is 3.74. The van der Waals surface area contributed by atoms with Crippen molar-refractivity contribution in [1.29, 1.82) is 0 Å². The number of fused-ring (bicyclic) bond motifs is 2. The molecule has 4 aliphatic rings. The molecule has 3 amide bonds. The molecule has 0 unspecified atom stereocenters. The highest BCUT2D eigenvalue weighted by molar-refractivity contribution is 6.08. The molecule has 0 saturated carbocycles. The number of nitrogens with zero attached hydrogens (tertiary/aromatic N) is 6. The number of carbonyl (C=O) groups excluding carboxylic acids is 3. The van der Waals surface area contributed by atoms with E-state index < -0.39 is 29.1 Å². The number of amides is 3. The van der Waals surface area contributed by atoms with Gasteiger partial charge in [0.05, 0.1) is 29.6 Å². The van der Waals surface area contributed by atoms with Crippen LogP contribution in [0.2, 0.25) is 0 Å². The van der Waals surface area contributed by atoms with Gasteiger partial charge >= 0.3 is 0 Å². The van der Waals surface area contributed by atoms with E-state index in [4.69, 9.17) is 4.74 Å². The van der Waals surface area contributed by atoms with Crippen molar-refractivity contribution in [3.63, 3.8) is 0 Å². The Labute approximate surface area is 293 Å². The summed E-state index contributed by atoms with van der Waals surface area (Å²) in [5.74, 6) is -0.805. The topological polar surface area (TPSA) is 141 Å². The first kappa shape index (κ1) is 34.3. The quantitative estimate of drug-likeness (QED) is 0.325. The van der Waals surface area contributed by atoms with Crippen LogP contribution in [-0.4, -0.2) is 74.3 Å². The molecule has 2 N–H and O–H groups in total. The van der Waals surface area contributed by atoms with Crippen molar-refractivity contribution >= 4 is 34.8 Å². The summed E-state index contributed by atoms with van der Waals surface area (Å²) in [6, 6.07) is 13.7. The number of benzene rings is 2. The molecule has 5 heterocycles. The Hall–Kier alpha value is -4.13. The molecule has 3 saturated heterocycles. The van der Waals surface area contributed by atoms with Gasteiger partial charge in [0, 0.05) is 80.5 Å². The highest BCUT2D eigenvalue weighted by Gasteiger charge is 2.65. The second kappa shape index (κ2) is 13.5. The zero-order valence-electron chi connectivity index (χ0n) is 29.3. The lowest BCUT2D eigenvalue weighted by Crippen LogP contribution is -2.46. The first-order valence-corrected chi connectivity index (χ1v) is 18.1. The number of hydrogen-bond acceptors (Lipinski definition) is 8. The van der Waals surface area contributed by atoms with Gasteiger partial charge in [0.1, 0.15) is 0 Å². The molecule has 1 aromatic heterocycles. The van der Waals surface area contributed by atoms with E-state index in [1.54, 1.807) is 29.6 Å². The van der Waals surface area contributed by atoms with Crippen LogP contribution >= 0.6 is 0 Å². The van der Waals surface area contributed by atoms with Crippen molar-refractivity contribution in [1.82, 2.24) is 15.0 Å². The standard InChI is InChI=1S/C38H48N6O6/c1-25-35(37(2,3)49)32(16-20-41-24-27(17-21-45)39-40-41)50-38(25)30-22-29(43-19-7-5-9-34(43)47)14-15-31(30)44(36(38)48)23-26-10-12-28(13-11-26)42-18-6-4-8-33(42)46/h10-15,22,24-25,32,35,45,49H,4-9,16-21,23H2,1-3H3/t25-,32+,35-,38+/m0/s1. The maximum absolute atomic E-state index is 15.0. The summed E-state index contributed by atoms with van der Waals surface area (Å²) >= 11 is 0. The number of piperidine rings is 2. The van der Waals surface area contributed by atoms with Crippen LogP contribution in [0.25, 0.3) is 0 Å². The van der Waals surface area contributed by atoms with Crippen LogP contribution in [0.3, 0.4) is 0 Å². The highest BCUT2D eigenvalue weighted by atomic mass is 16.5. The number of hydrogen-bond donors (Lipinski definition) is 2. The average molecular weight is 685 g/mol. The van der Waals surface area contributed by atoms with Gasteiger partial charge in [0.15, 0.2) is 5.60 Å². The maximum atomic E-state index is 15.0. The van der Waals surface area contributed by atoms with Crippen molar-refractivity contribution in [2.24, 2.45) is 11.8 Å². The molecule has 2 aromatic carbocycles. The smallest absolute Gasteiger partial charge is 0.264 e. The predicted octanol–water partition coefficient (Wildman–Crippen LogP) is 4.10. The molecule has 266 valence electrons. The van der Waals surface area contributed by atoms with Crippen molar-refractivity contribution in [3.8, 4) is 0 Å². The van der Waals surface area contributed by atoms with Crippen LogP contribution in [0.15, 0.2) is 48.7 Å². The third kappa shape index (κ3) is 6.11. The third-order valence-corrected chi connectivity index (χ3v) is 11.1. The van der Waals surface area contributed by atoms with E-state index in [0.717, 1.165) is 48.3 Å². The van der Waals surface area contributed by atoms with Gasteiger partial charge in [-0.1, -0.05) is 24.3 Å². The Morgan fingerprint density at radius 3 is 2.24 bits per heavy atom. The van der Waals surface area contributed by atoms with Crippen molar-refractivity contribution in [3.05, 3.63) is 65.5 Å². The van der Waals surface area contributed by atoms with Gasteiger partial charge < -0.3 is 29.6 Å². The first-order chi connectivity index (χ1) is 24.0. The molecular weight excluding hydrogens is 636 g/mol. The molecule has 12 heteroatoms. The lowest BCUT2D eigenvalue weighted by Gasteiger charge is -2.34. The van der Waals surface area contributed by atoms with Crippen LogP contribution in [-0.2, 0) is 44.2 Å². The second-order valence-corrected chi connectivity index (χ2v) is 14.9. The Balaban J connectivity index is 1.24. The summed E-state index contributed by atoms with van der Waals surface area (Å²) in [4.78, 5) is 46.0. The van der Waals surface area contributed by atoms with Gasteiger partial charge in [-0.2, -0.15) is 0 Å². The minimum absolute atomic E-state index is 0.0173. The number of carbonyl (C=O) groups is 3. The number of aliphatic hydroxyl groups is 2. The number of aliphatic hydroxyl groups excluding tert-OH is 1. The van der Waals surface area contributed by atoms with Crippen molar-refractivity contribution < 1.29 is 29.3 Å². The lowest BCUT2D eigenvalue weighted by molar-refractivity contribution is -0.146. The lowest BCUT2D eigenvalue weighted by atomic mass is 9.70.